The summed E-state index contributed by atoms with van der Waals surface area (Å²) in [5.41, 5.74) is -0.593. The number of amides is 1. The summed E-state index contributed by atoms with van der Waals surface area (Å²) in [4.78, 5) is 27.1. The Morgan fingerprint density at radius 2 is 2.05 bits per heavy atom. The summed E-state index contributed by atoms with van der Waals surface area (Å²) in [6, 6.07) is -0.992. The Morgan fingerprint density at radius 3 is 2.53 bits per heavy atom. The predicted octanol–water partition coefficient (Wildman–Crippen LogP) is 0.986. The van der Waals surface area contributed by atoms with Crippen LogP contribution in [0.15, 0.2) is 0 Å². The number of nitrogens with one attached hydrogen (secondary N) is 2. The summed E-state index contributed by atoms with van der Waals surface area (Å²) in [5, 5.41) is 18.0. The first kappa shape index (κ1) is 15.1. The topological polar surface area (TPSA) is 108 Å². The minimum absolute atomic E-state index is 0.0288. The number of aromatic amines is 1. The molecule has 1 aromatic heterocycles. The molecule has 7 nitrogen and oxygen atoms in total. The lowest BCUT2D eigenvalue weighted by atomic mass is 9.87. The third kappa shape index (κ3) is 4.04. The van der Waals surface area contributed by atoms with Gasteiger partial charge in [0, 0.05) is 6.42 Å². The molecule has 1 rings (SSSR count). The van der Waals surface area contributed by atoms with Crippen LogP contribution in [0.25, 0.3) is 0 Å². The molecule has 7 heteroatoms. The highest BCUT2D eigenvalue weighted by Gasteiger charge is 2.33. The van der Waals surface area contributed by atoms with Crippen molar-refractivity contribution in [3.05, 3.63) is 11.6 Å². The monoisotopic (exact) mass is 268 g/mol. The van der Waals surface area contributed by atoms with Gasteiger partial charge in [0.15, 0.2) is 0 Å². The zero-order valence-corrected chi connectivity index (χ0v) is 11.6. The molecule has 1 atom stereocenters. The molecule has 0 saturated carbocycles. The van der Waals surface area contributed by atoms with Crippen molar-refractivity contribution in [1.29, 1.82) is 0 Å². The highest BCUT2D eigenvalue weighted by molar-refractivity contribution is 5.93. The molecule has 1 aromatic rings. The van der Waals surface area contributed by atoms with Crippen LogP contribution in [0.2, 0.25) is 0 Å². The van der Waals surface area contributed by atoms with Gasteiger partial charge < -0.3 is 10.4 Å². The number of carbonyl (C=O) groups excluding carboxylic acids is 1. The third-order valence-corrected chi connectivity index (χ3v) is 2.61. The highest BCUT2D eigenvalue weighted by Crippen LogP contribution is 2.19. The summed E-state index contributed by atoms with van der Waals surface area (Å²) in [6.07, 6.45) is 1.58. The number of aromatic nitrogens is 3. The van der Waals surface area contributed by atoms with Crippen LogP contribution >= 0.6 is 0 Å². The summed E-state index contributed by atoms with van der Waals surface area (Å²) >= 11 is 0. The Hall–Kier alpha value is -1.92. The Morgan fingerprint density at radius 1 is 1.42 bits per heavy atom. The van der Waals surface area contributed by atoms with E-state index in [1.54, 1.807) is 20.8 Å². The largest absolute Gasteiger partial charge is 0.480 e. The van der Waals surface area contributed by atoms with Crippen LogP contribution in [0.3, 0.4) is 0 Å². The van der Waals surface area contributed by atoms with Gasteiger partial charge in [-0.05, 0) is 11.8 Å². The lowest BCUT2D eigenvalue weighted by molar-refractivity contribution is -0.142. The van der Waals surface area contributed by atoms with E-state index in [2.05, 4.69) is 20.5 Å². The fourth-order valence-electron chi connectivity index (χ4n) is 1.59. The van der Waals surface area contributed by atoms with E-state index in [0.717, 1.165) is 6.42 Å². The second kappa shape index (κ2) is 5.81. The maximum absolute atomic E-state index is 11.9. The number of hydrogen-bond acceptors (Lipinski definition) is 4. The molecular weight excluding hydrogens is 248 g/mol. The molecule has 0 aliphatic rings. The molecule has 1 heterocycles. The van der Waals surface area contributed by atoms with Gasteiger partial charge in [0.05, 0.1) is 0 Å². The Kier molecular flexibility index (Phi) is 4.63. The van der Waals surface area contributed by atoms with Gasteiger partial charge in [-0.1, -0.05) is 27.7 Å². The highest BCUT2D eigenvalue weighted by atomic mass is 16.4. The third-order valence-electron chi connectivity index (χ3n) is 2.61. The standard InChI is InChI=1S/C12H20N4O3/c1-5-6-7-13-9(16-15-7)10(17)14-8(11(18)19)12(2,3)4/h8H,5-6H2,1-4H3,(H,14,17)(H,18,19)(H,13,15,16). The summed E-state index contributed by atoms with van der Waals surface area (Å²) in [7, 11) is 0. The van der Waals surface area contributed by atoms with Crippen LogP contribution in [0.4, 0.5) is 0 Å². The molecule has 1 amide bonds. The average molecular weight is 268 g/mol. The van der Waals surface area contributed by atoms with Crippen molar-refractivity contribution in [2.75, 3.05) is 0 Å². The fourth-order valence-corrected chi connectivity index (χ4v) is 1.59. The van der Waals surface area contributed by atoms with Gasteiger partial charge in [0.25, 0.3) is 5.91 Å². The first-order valence-corrected chi connectivity index (χ1v) is 6.20. The van der Waals surface area contributed by atoms with Gasteiger partial charge in [-0.3, -0.25) is 9.89 Å². The van der Waals surface area contributed by atoms with Crippen LogP contribution in [-0.2, 0) is 11.2 Å². The number of carboxylic acid groups (broad SMARTS) is 1. The lowest BCUT2D eigenvalue weighted by Gasteiger charge is -2.27. The number of hydrogen-bond donors (Lipinski definition) is 3. The van der Waals surface area contributed by atoms with Crippen LogP contribution in [-0.4, -0.2) is 38.2 Å². The maximum atomic E-state index is 11.9. The Labute approximate surface area is 111 Å². The van der Waals surface area contributed by atoms with Crippen LogP contribution < -0.4 is 5.32 Å². The molecule has 106 valence electrons. The second-order valence-electron chi connectivity index (χ2n) is 5.47. The summed E-state index contributed by atoms with van der Waals surface area (Å²) < 4.78 is 0. The molecule has 19 heavy (non-hydrogen) atoms. The van der Waals surface area contributed by atoms with Crippen molar-refractivity contribution in [3.63, 3.8) is 0 Å². The van der Waals surface area contributed by atoms with Crippen molar-refractivity contribution in [1.82, 2.24) is 20.5 Å². The molecule has 0 aromatic carbocycles. The molecule has 0 aliphatic heterocycles. The van der Waals surface area contributed by atoms with Crippen LogP contribution in [0, 0.1) is 5.41 Å². The maximum Gasteiger partial charge on any atom is 0.326 e. The molecule has 0 aliphatic carbocycles. The van der Waals surface area contributed by atoms with E-state index in [1.807, 2.05) is 6.92 Å². The van der Waals surface area contributed by atoms with Gasteiger partial charge in [0.2, 0.25) is 5.82 Å². The van der Waals surface area contributed by atoms with E-state index < -0.39 is 23.3 Å². The number of nitrogens with zero attached hydrogens (tertiary/aromatic N) is 2. The van der Waals surface area contributed by atoms with E-state index in [9.17, 15) is 9.59 Å². The fraction of sp³-hybridized carbons (Fsp3) is 0.667. The number of rotatable bonds is 5. The molecule has 0 fully saturated rings. The van der Waals surface area contributed by atoms with Gasteiger partial charge in [0.1, 0.15) is 11.9 Å². The molecule has 1 unspecified atom stereocenters. The van der Waals surface area contributed by atoms with Gasteiger partial charge in [-0.25, -0.2) is 9.78 Å². The van der Waals surface area contributed by atoms with E-state index in [0.29, 0.717) is 12.2 Å². The van der Waals surface area contributed by atoms with E-state index in [-0.39, 0.29) is 5.82 Å². The molecule has 3 N–H and O–H groups in total. The first-order chi connectivity index (χ1) is 8.75. The number of aliphatic carboxylic acids is 1. The smallest absolute Gasteiger partial charge is 0.326 e. The number of H-pyrrole nitrogens is 1. The lowest BCUT2D eigenvalue weighted by Crippen LogP contribution is -2.49. The SMILES string of the molecule is CCCc1nc(C(=O)NC(C(=O)O)C(C)(C)C)n[nH]1. The molecule has 0 radical (unpaired) electrons. The van der Waals surface area contributed by atoms with Crippen molar-refractivity contribution in [2.24, 2.45) is 5.41 Å². The van der Waals surface area contributed by atoms with Crippen molar-refractivity contribution in [2.45, 2.75) is 46.6 Å². The molecule has 0 bridgehead atoms. The van der Waals surface area contributed by atoms with Gasteiger partial charge >= 0.3 is 5.97 Å². The first-order valence-electron chi connectivity index (χ1n) is 6.20. The number of carbonyl (C=O) groups is 2. The average Bonchev–Trinajstić information content (AvgIpc) is 2.72. The molecule has 0 spiro atoms. The van der Waals surface area contributed by atoms with Crippen molar-refractivity contribution < 1.29 is 14.7 Å². The van der Waals surface area contributed by atoms with E-state index >= 15 is 0 Å². The van der Waals surface area contributed by atoms with Crippen molar-refractivity contribution in [3.8, 4) is 0 Å². The normalized spacial score (nSPS) is 13.1. The number of aryl methyl sites for hydroxylation is 1. The number of carboxylic acids is 1. The van der Waals surface area contributed by atoms with E-state index in [4.69, 9.17) is 5.11 Å². The summed E-state index contributed by atoms with van der Waals surface area (Å²) in [6.45, 7) is 7.22. The predicted molar refractivity (Wildman–Crippen MR) is 68.7 cm³/mol. The van der Waals surface area contributed by atoms with Crippen LogP contribution in [0.5, 0.6) is 0 Å². The Balaban J connectivity index is 2.79. The summed E-state index contributed by atoms with van der Waals surface area (Å²) in [5.74, 6) is -1.07. The zero-order chi connectivity index (χ0) is 14.6. The quantitative estimate of drug-likeness (QED) is 0.738. The second-order valence-corrected chi connectivity index (χ2v) is 5.47. The van der Waals surface area contributed by atoms with Crippen molar-refractivity contribution >= 4 is 11.9 Å². The van der Waals surface area contributed by atoms with Crippen LogP contribution in [0.1, 0.15) is 50.6 Å². The van der Waals surface area contributed by atoms with Gasteiger partial charge in [-0.15, -0.1) is 5.10 Å². The van der Waals surface area contributed by atoms with Gasteiger partial charge in [-0.2, -0.15) is 0 Å². The minimum atomic E-state index is -1.08. The van der Waals surface area contributed by atoms with E-state index in [1.165, 1.54) is 0 Å². The molecular formula is C12H20N4O3. The minimum Gasteiger partial charge on any atom is -0.480 e. The Bertz CT molecular complexity index is 462. The molecule has 0 saturated heterocycles. The zero-order valence-electron chi connectivity index (χ0n) is 11.6.